The molecule has 0 aromatic heterocycles. The molecule has 114 valence electrons. The van der Waals surface area contributed by atoms with Crippen molar-refractivity contribution < 1.29 is 4.74 Å². The molecule has 1 saturated carbocycles. The van der Waals surface area contributed by atoms with E-state index in [2.05, 4.69) is 31.1 Å². The lowest BCUT2D eigenvalue weighted by atomic mass is 9.90. The first-order valence-corrected chi connectivity index (χ1v) is 8.16. The fourth-order valence-corrected chi connectivity index (χ4v) is 3.34. The lowest BCUT2D eigenvalue weighted by Crippen LogP contribution is -2.53. The molecule has 0 radical (unpaired) electrons. The molecular formula is C16H34N2O. The molecule has 3 unspecified atom stereocenters. The molecule has 0 bridgehead atoms. The Morgan fingerprint density at radius 3 is 2.47 bits per heavy atom. The van der Waals surface area contributed by atoms with E-state index in [9.17, 15) is 0 Å². The quantitative estimate of drug-likeness (QED) is 0.769. The van der Waals surface area contributed by atoms with Crippen molar-refractivity contribution >= 4 is 0 Å². The Kier molecular flexibility index (Phi) is 8.67. The van der Waals surface area contributed by atoms with E-state index in [-0.39, 0.29) is 0 Å². The maximum Gasteiger partial charge on any atom is 0.0589 e. The van der Waals surface area contributed by atoms with Crippen LogP contribution in [-0.4, -0.2) is 50.3 Å². The summed E-state index contributed by atoms with van der Waals surface area (Å²) < 4.78 is 5.32. The summed E-state index contributed by atoms with van der Waals surface area (Å²) in [7, 11) is 3.94. The Balaban J connectivity index is 2.73. The van der Waals surface area contributed by atoms with Gasteiger partial charge in [0.25, 0.3) is 0 Å². The van der Waals surface area contributed by atoms with Gasteiger partial charge in [0, 0.05) is 31.8 Å². The molecule has 1 N–H and O–H groups in total. The molecule has 1 fully saturated rings. The van der Waals surface area contributed by atoms with Gasteiger partial charge in [0.05, 0.1) is 6.61 Å². The number of methoxy groups -OCH3 is 1. The van der Waals surface area contributed by atoms with E-state index >= 15 is 0 Å². The number of ether oxygens (including phenoxy) is 1. The summed E-state index contributed by atoms with van der Waals surface area (Å²) in [4.78, 5) is 2.69. The first kappa shape index (κ1) is 16.9. The van der Waals surface area contributed by atoms with E-state index in [0.29, 0.717) is 18.1 Å². The summed E-state index contributed by atoms with van der Waals surface area (Å²) in [5.41, 5.74) is 0. The average molecular weight is 270 g/mol. The van der Waals surface area contributed by atoms with Gasteiger partial charge in [-0.15, -0.1) is 0 Å². The minimum atomic E-state index is 0.645. The molecule has 0 aromatic rings. The minimum Gasteiger partial charge on any atom is -0.383 e. The molecule has 1 aliphatic carbocycles. The van der Waals surface area contributed by atoms with Gasteiger partial charge in [0.15, 0.2) is 0 Å². The van der Waals surface area contributed by atoms with Gasteiger partial charge >= 0.3 is 0 Å². The number of likely N-dealkylation sites (N-methyl/N-ethyl adjacent to an activating group) is 1. The van der Waals surface area contributed by atoms with Crippen LogP contribution < -0.4 is 5.32 Å². The fraction of sp³-hybridized carbons (Fsp3) is 1.00. The third-order valence-electron chi connectivity index (χ3n) is 4.74. The number of hydrogen-bond donors (Lipinski definition) is 1. The Labute approximate surface area is 120 Å². The van der Waals surface area contributed by atoms with Crippen molar-refractivity contribution in [3.05, 3.63) is 0 Å². The zero-order valence-corrected chi connectivity index (χ0v) is 13.5. The van der Waals surface area contributed by atoms with Gasteiger partial charge in [0.1, 0.15) is 0 Å². The summed E-state index contributed by atoms with van der Waals surface area (Å²) in [6.45, 7) is 6.56. The molecule has 0 saturated heterocycles. The van der Waals surface area contributed by atoms with Crippen LogP contribution in [0.3, 0.4) is 0 Å². The van der Waals surface area contributed by atoms with E-state index in [1.165, 1.54) is 44.9 Å². The van der Waals surface area contributed by atoms with Gasteiger partial charge in [-0.2, -0.15) is 0 Å². The number of nitrogens with one attached hydrogen (secondary N) is 1. The highest BCUT2D eigenvalue weighted by Gasteiger charge is 2.29. The first-order valence-electron chi connectivity index (χ1n) is 8.16. The van der Waals surface area contributed by atoms with Gasteiger partial charge in [-0.3, -0.25) is 4.90 Å². The maximum atomic E-state index is 5.32. The van der Waals surface area contributed by atoms with Gasteiger partial charge in [-0.25, -0.2) is 0 Å². The zero-order valence-electron chi connectivity index (χ0n) is 13.5. The van der Waals surface area contributed by atoms with E-state index in [0.717, 1.165) is 13.2 Å². The van der Waals surface area contributed by atoms with Gasteiger partial charge in [0.2, 0.25) is 0 Å². The number of nitrogens with zero attached hydrogens (tertiary/aromatic N) is 1. The molecule has 1 rings (SSSR count). The topological polar surface area (TPSA) is 24.5 Å². The summed E-state index contributed by atoms with van der Waals surface area (Å²) in [5, 5.41) is 3.58. The highest BCUT2D eigenvalue weighted by atomic mass is 16.5. The lowest BCUT2D eigenvalue weighted by molar-refractivity contribution is 0.0615. The van der Waals surface area contributed by atoms with Crippen LogP contribution in [0, 0.1) is 0 Å². The van der Waals surface area contributed by atoms with Gasteiger partial charge in [-0.1, -0.05) is 32.6 Å². The van der Waals surface area contributed by atoms with E-state index < -0.39 is 0 Å². The summed E-state index contributed by atoms with van der Waals surface area (Å²) in [5.74, 6) is 0. The Morgan fingerprint density at radius 2 is 1.89 bits per heavy atom. The molecule has 3 atom stereocenters. The highest BCUT2D eigenvalue weighted by molar-refractivity contribution is 4.87. The van der Waals surface area contributed by atoms with Crippen LogP contribution in [0.5, 0.6) is 0 Å². The maximum absolute atomic E-state index is 5.32. The molecule has 3 nitrogen and oxygen atoms in total. The van der Waals surface area contributed by atoms with E-state index in [1.54, 1.807) is 0 Å². The van der Waals surface area contributed by atoms with Crippen LogP contribution in [0.1, 0.15) is 58.8 Å². The SMILES string of the molecule is CCC(C)N(CCOC)C1CCCCCCC1NC. The molecule has 3 heteroatoms. The van der Waals surface area contributed by atoms with Crippen LogP contribution in [0.2, 0.25) is 0 Å². The molecule has 0 aliphatic heterocycles. The van der Waals surface area contributed by atoms with Crippen LogP contribution in [-0.2, 0) is 4.74 Å². The predicted molar refractivity (Wildman–Crippen MR) is 82.7 cm³/mol. The van der Waals surface area contributed by atoms with E-state index in [1.807, 2.05) is 7.11 Å². The summed E-state index contributed by atoms with van der Waals surface area (Å²) in [6, 6.07) is 1.97. The average Bonchev–Trinajstić information content (AvgIpc) is 2.40. The van der Waals surface area contributed by atoms with Crippen molar-refractivity contribution in [3.8, 4) is 0 Å². The monoisotopic (exact) mass is 270 g/mol. The second-order valence-corrected chi connectivity index (χ2v) is 5.94. The van der Waals surface area contributed by atoms with Crippen molar-refractivity contribution in [2.45, 2.75) is 76.9 Å². The number of rotatable bonds is 7. The predicted octanol–water partition coefficient (Wildman–Crippen LogP) is 3.04. The zero-order chi connectivity index (χ0) is 14.1. The minimum absolute atomic E-state index is 0.645. The molecular weight excluding hydrogens is 236 g/mol. The molecule has 1 aliphatic rings. The van der Waals surface area contributed by atoms with Crippen LogP contribution in [0.4, 0.5) is 0 Å². The van der Waals surface area contributed by atoms with Gasteiger partial charge < -0.3 is 10.1 Å². The highest BCUT2D eigenvalue weighted by Crippen LogP contribution is 2.24. The van der Waals surface area contributed by atoms with Crippen LogP contribution >= 0.6 is 0 Å². The third kappa shape index (κ3) is 5.41. The van der Waals surface area contributed by atoms with E-state index in [4.69, 9.17) is 4.74 Å². The fourth-order valence-electron chi connectivity index (χ4n) is 3.34. The summed E-state index contributed by atoms with van der Waals surface area (Å²) >= 11 is 0. The third-order valence-corrected chi connectivity index (χ3v) is 4.74. The Hall–Kier alpha value is -0.120. The number of hydrogen-bond acceptors (Lipinski definition) is 3. The lowest BCUT2D eigenvalue weighted by Gasteiger charge is -2.41. The molecule has 0 heterocycles. The largest absolute Gasteiger partial charge is 0.383 e. The van der Waals surface area contributed by atoms with Crippen molar-refractivity contribution in [3.63, 3.8) is 0 Å². The van der Waals surface area contributed by atoms with Crippen molar-refractivity contribution in [2.24, 2.45) is 0 Å². The molecule has 0 amide bonds. The molecule has 0 aromatic carbocycles. The van der Waals surface area contributed by atoms with Crippen molar-refractivity contribution in [1.82, 2.24) is 10.2 Å². The Morgan fingerprint density at radius 1 is 1.21 bits per heavy atom. The van der Waals surface area contributed by atoms with Crippen LogP contribution in [0.15, 0.2) is 0 Å². The van der Waals surface area contributed by atoms with Crippen molar-refractivity contribution in [1.29, 1.82) is 0 Å². The Bertz CT molecular complexity index is 223. The standard InChI is InChI=1S/C16H34N2O/c1-5-14(2)18(12-13-19-4)16-11-9-7-6-8-10-15(16)17-3/h14-17H,5-13H2,1-4H3. The summed E-state index contributed by atoms with van der Waals surface area (Å²) in [6.07, 6.45) is 9.44. The molecule has 19 heavy (non-hydrogen) atoms. The second kappa shape index (κ2) is 9.73. The smallest absolute Gasteiger partial charge is 0.0589 e. The van der Waals surface area contributed by atoms with Crippen molar-refractivity contribution in [2.75, 3.05) is 27.3 Å². The molecule has 0 spiro atoms. The first-order chi connectivity index (χ1) is 9.24. The van der Waals surface area contributed by atoms with Gasteiger partial charge in [-0.05, 0) is 33.2 Å². The normalized spacial score (nSPS) is 27.0. The second-order valence-electron chi connectivity index (χ2n) is 5.94. The van der Waals surface area contributed by atoms with Crippen LogP contribution in [0.25, 0.3) is 0 Å².